The molecule has 1 unspecified atom stereocenters. The number of nitrogens with two attached hydrogens (primary N) is 2. The molecule has 3 aromatic rings. The molecule has 2 heterocycles. The number of fused-ring (bicyclic) bond motifs is 1. The van der Waals surface area contributed by atoms with Crippen LogP contribution in [0.25, 0.3) is 17.0 Å². The van der Waals surface area contributed by atoms with Gasteiger partial charge in [-0.3, -0.25) is 4.79 Å². The van der Waals surface area contributed by atoms with Crippen molar-refractivity contribution in [1.82, 2.24) is 25.1 Å². The van der Waals surface area contributed by atoms with E-state index in [2.05, 4.69) is 26.9 Å². The van der Waals surface area contributed by atoms with Gasteiger partial charge in [0.2, 0.25) is 5.91 Å². The monoisotopic (exact) mass is 408 g/mol. The van der Waals surface area contributed by atoms with Crippen molar-refractivity contribution in [3.63, 3.8) is 0 Å². The Balaban J connectivity index is 1.68. The minimum Gasteiger partial charge on any atom is -0.366 e. The average molecular weight is 409 g/mol. The lowest BCUT2D eigenvalue weighted by molar-refractivity contribution is -0.121. The molecule has 0 radical (unpaired) electrons. The first-order chi connectivity index (χ1) is 14.5. The highest BCUT2D eigenvalue weighted by Crippen LogP contribution is 2.39. The summed E-state index contributed by atoms with van der Waals surface area (Å²) in [4.78, 5) is 11.8. The Morgan fingerprint density at radius 3 is 2.63 bits per heavy atom. The summed E-state index contributed by atoms with van der Waals surface area (Å²) in [7, 11) is 0. The molecule has 1 fully saturated rings. The summed E-state index contributed by atoms with van der Waals surface area (Å²) in [6.07, 6.45) is 3.47. The van der Waals surface area contributed by atoms with Gasteiger partial charge in [-0.1, -0.05) is 36.8 Å². The molecule has 1 saturated carbocycles. The van der Waals surface area contributed by atoms with Crippen LogP contribution in [0.1, 0.15) is 37.7 Å². The highest BCUT2D eigenvalue weighted by Gasteiger charge is 2.28. The third kappa shape index (κ3) is 3.99. The number of nitrogens with one attached hydrogen (secondary N) is 2. The van der Waals surface area contributed by atoms with Gasteiger partial charge in [-0.2, -0.15) is 4.52 Å². The SMILES string of the molecule is CC(CN)(CNc1nn2c(-c3ccccc3)nnc2cc1C1CCC1)NC(=O)CN. The Morgan fingerprint density at radius 2 is 2.00 bits per heavy atom. The summed E-state index contributed by atoms with van der Waals surface area (Å²) < 4.78 is 1.76. The molecule has 4 rings (SSSR count). The molecule has 1 amide bonds. The molecular formula is C21H28N8O. The first-order valence-electron chi connectivity index (χ1n) is 10.3. The van der Waals surface area contributed by atoms with Gasteiger partial charge in [0.05, 0.1) is 12.1 Å². The highest BCUT2D eigenvalue weighted by molar-refractivity contribution is 5.78. The Bertz CT molecular complexity index is 1030. The van der Waals surface area contributed by atoms with E-state index in [0.717, 1.165) is 35.4 Å². The quantitative estimate of drug-likeness (QED) is 0.440. The van der Waals surface area contributed by atoms with Crippen LogP contribution in [0.3, 0.4) is 0 Å². The lowest BCUT2D eigenvalue weighted by Gasteiger charge is -2.32. The van der Waals surface area contributed by atoms with Gasteiger partial charge >= 0.3 is 0 Å². The Hall–Kier alpha value is -3.04. The Kier molecular flexibility index (Phi) is 5.65. The van der Waals surface area contributed by atoms with Crippen molar-refractivity contribution in [3.05, 3.63) is 42.0 Å². The van der Waals surface area contributed by atoms with Gasteiger partial charge < -0.3 is 22.1 Å². The molecule has 1 aliphatic carbocycles. The third-order valence-corrected chi connectivity index (χ3v) is 5.72. The van der Waals surface area contributed by atoms with Crippen LogP contribution in [0.4, 0.5) is 5.82 Å². The molecule has 9 nitrogen and oxygen atoms in total. The van der Waals surface area contributed by atoms with Crippen molar-refractivity contribution in [2.45, 2.75) is 37.6 Å². The van der Waals surface area contributed by atoms with E-state index in [4.69, 9.17) is 16.6 Å². The summed E-state index contributed by atoms with van der Waals surface area (Å²) in [5.74, 6) is 1.67. The first-order valence-corrected chi connectivity index (χ1v) is 10.3. The lowest BCUT2D eigenvalue weighted by Crippen LogP contribution is -2.57. The van der Waals surface area contributed by atoms with E-state index < -0.39 is 5.54 Å². The standard InChI is InChI=1S/C21H28N8O/c1-21(12-23,25-18(30)11-22)13-24-19-16(14-8-5-9-14)10-17-26-27-20(29(17)28-19)15-6-3-2-4-7-15/h2-4,6-7,10,14H,5,8-9,11-13,22-23H2,1H3,(H,24,28)(H,25,30). The van der Waals surface area contributed by atoms with Gasteiger partial charge in [-0.05, 0) is 31.7 Å². The number of amides is 1. The summed E-state index contributed by atoms with van der Waals surface area (Å²) >= 11 is 0. The fourth-order valence-electron chi connectivity index (χ4n) is 3.61. The molecular weight excluding hydrogens is 380 g/mol. The number of carbonyl (C=O) groups is 1. The van der Waals surface area contributed by atoms with Crippen LogP contribution in [-0.4, -0.2) is 50.9 Å². The van der Waals surface area contributed by atoms with E-state index in [1.54, 1.807) is 4.52 Å². The maximum atomic E-state index is 11.8. The molecule has 0 aliphatic heterocycles. The zero-order chi connectivity index (χ0) is 21.1. The Morgan fingerprint density at radius 1 is 1.23 bits per heavy atom. The number of nitrogens with zero attached hydrogens (tertiary/aromatic N) is 4. The first kappa shape index (κ1) is 20.2. The highest BCUT2D eigenvalue weighted by atomic mass is 16.2. The van der Waals surface area contributed by atoms with Crippen LogP contribution in [0, 0.1) is 0 Å². The largest absolute Gasteiger partial charge is 0.366 e. The Labute approximate surface area is 175 Å². The molecule has 1 atom stereocenters. The smallest absolute Gasteiger partial charge is 0.234 e. The second-order valence-corrected chi connectivity index (χ2v) is 8.11. The number of hydrogen-bond donors (Lipinski definition) is 4. The van der Waals surface area contributed by atoms with Crippen LogP contribution < -0.4 is 22.1 Å². The van der Waals surface area contributed by atoms with Crippen LogP contribution >= 0.6 is 0 Å². The van der Waals surface area contributed by atoms with E-state index in [1.165, 1.54) is 6.42 Å². The second-order valence-electron chi connectivity index (χ2n) is 8.11. The van der Waals surface area contributed by atoms with Crippen molar-refractivity contribution in [3.8, 4) is 11.4 Å². The molecule has 0 saturated heterocycles. The minimum absolute atomic E-state index is 0.0751. The molecule has 30 heavy (non-hydrogen) atoms. The topological polar surface area (TPSA) is 136 Å². The molecule has 1 aliphatic rings. The predicted octanol–water partition coefficient (Wildman–Crippen LogP) is 1.26. The van der Waals surface area contributed by atoms with Gasteiger partial charge in [0, 0.05) is 24.2 Å². The van der Waals surface area contributed by atoms with Gasteiger partial charge in [0.25, 0.3) is 0 Å². The van der Waals surface area contributed by atoms with E-state index in [9.17, 15) is 4.79 Å². The van der Waals surface area contributed by atoms with E-state index in [1.807, 2.05) is 37.3 Å². The number of carbonyl (C=O) groups excluding carboxylic acids is 1. The van der Waals surface area contributed by atoms with Crippen LogP contribution in [0.15, 0.2) is 36.4 Å². The molecule has 6 N–H and O–H groups in total. The summed E-state index contributed by atoms with van der Waals surface area (Å²) in [5.41, 5.74) is 13.6. The van der Waals surface area contributed by atoms with Crippen molar-refractivity contribution in [2.24, 2.45) is 11.5 Å². The van der Waals surface area contributed by atoms with Crippen molar-refractivity contribution < 1.29 is 4.79 Å². The number of anilines is 1. The van der Waals surface area contributed by atoms with Gasteiger partial charge in [-0.25, -0.2) is 0 Å². The molecule has 0 spiro atoms. The number of rotatable bonds is 8. The van der Waals surface area contributed by atoms with Gasteiger partial charge in [-0.15, -0.1) is 15.3 Å². The summed E-state index contributed by atoms with van der Waals surface area (Å²) in [5, 5.41) is 19.9. The van der Waals surface area contributed by atoms with E-state index >= 15 is 0 Å². The average Bonchev–Trinajstić information content (AvgIpc) is 3.14. The minimum atomic E-state index is -0.639. The lowest BCUT2D eigenvalue weighted by atomic mass is 9.80. The fourth-order valence-corrected chi connectivity index (χ4v) is 3.61. The maximum Gasteiger partial charge on any atom is 0.234 e. The fraction of sp³-hybridized carbons (Fsp3) is 0.429. The number of hydrogen-bond acceptors (Lipinski definition) is 7. The molecule has 9 heteroatoms. The van der Waals surface area contributed by atoms with Crippen LogP contribution in [-0.2, 0) is 4.79 Å². The molecule has 0 bridgehead atoms. The van der Waals surface area contributed by atoms with E-state index in [0.29, 0.717) is 18.3 Å². The normalized spacial score (nSPS) is 16.1. The predicted molar refractivity (Wildman–Crippen MR) is 116 cm³/mol. The van der Waals surface area contributed by atoms with Crippen LogP contribution in [0.5, 0.6) is 0 Å². The molecule has 158 valence electrons. The zero-order valence-electron chi connectivity index (χ0n) is 17.1. The van der Waals surface area contributed by atoms with Gasteiger partial charge in [0.15, 0.2) is 17.3 Å². The second kappa shape index (κ2) is 8.37. The van der Waals surface area contributed by atoms with Crippen molar-refractivity contribution >= 4 is 17.4 Å². The maximum absolute atomic E-state index is 11.8. The number of aromatic nitrogens is 4. The third-order valence-electron chi connectivity index (χ3n) is 5.72. The summed E-state index contributed by atoms with van der Waals surface area (Å²) in [6.45, 7) is 2.52. The summed E-state index contributed by atoms with van der Waals surface area (Å²) in [6, 6.07) is 11.9. The van der Waals surface area contributed by atoms with Crippen LogP contribution in [0.2, 0.25) is 0 Å². The van der Waals surface area contributed by atoms with Crippen molar-refractivity contribution in [1.29, 1.82) is 0 Å². The molecule has 2 aromatic heterocycles. The van der Waals surface area contributed by atoms with E-state index in [-0.39, 0.29) is 19.0 Å². The van der Waals surface area contributed by atoms with Gasteiger partial charge in [0.1, 0.15) is 0 Å². The van der Waals surface area contributed by atoms with Crippen molar-refractivity contribution in [2.75, 3.05) is 25.0 Å². The number of benzene rings is 1. The zero-order valence-corrected chi connectivity index (χ0v) is 17.1. The molecule has 1 aromatic carbocycles.